The van der Waals surface area contributed by atoms with Crippen molar-refractivity contribution in [1.82, 2.24) is 0 Å². The third kappa shape index (κ3) is 34.1. The highest BCUT2D eigenvalue weighted by molar-refractivity contribution is 5.01. The van der Waals surface area contributed by atoms with Gasteiger partial charge in [0.1, 0.15) is 48.8 Å². The normalized spacial score (nSPS) is 41.6. The molecule has 0 N–H and O–H groups in total. The minimum absolute atomic E-state index is 0. The minimum atomic E-state index is -0.555. The molecule has 0 radical (unpaired) electrons. The molecular weight excluding hydrogens is 1410 g/mol. The summed E-state index contributed by atoms with van der Waals surface area (Å²) in [6.07, 6.45) is 19.4. The zero-order valence-corrected chi connectivity index (χ0v) is 73.2. The number of hydrogen-bond acceptors (Lipinski definition) is 23. The van der Waals surface area contributed by atoms with Crippen LogP contribution in [-0.2, 0) is 109 Å². The van der Waals surface area contributed by atoms with Crippen molar-refractivity contribution in [1.29, 1.82) is 0 Å². The van der Waals surface area contributed by atoms with E-state index >= 15 is 0 Å². The zero-order chi connectivity index (χ0) is 80.1. The van der Waals surface area contributed by atoms with Gasteiger partial charge in [-0.1, -0.05) is 62.8 Å². The Morgan fingerprint density at radius 2 is 0.627 bits per heavy atom. The third-order valence-corrected chi connectivity index (χ3v) is 22.4. The van der Waals surface area contributed by atoms with Crippen LogP contribution in [0.25, 0.3) is 0 Å². The van der Waals surface area contributed by atoms with Gasteiger partial charge in [0.15, 0.2) is 47.3 Å². The van der Waals surface area contributed by atoms with Crippen LogP contribution < -0.4 is 0 Å². The van der Waals surface area contributed by atoms with Gasteiger partial charge in [-0.05, 0) is 244 Å². The highest BCUT2D eigenvalue weighted by Gasteiger charge is 2.60. The Balaban J connectivity index is 0.000000195. The van der Waals surface area contributed by atoms with E-state index in [1.54, 1.807) is 0 Å². The Morgan fingerprint density at radius 3 is 0.927 bits per heavy atom. The maximum atomic E-state index is 5.96. The average molecular weight is 1580 g/mol. The van der Waals surface area contributed by atoms with Crippen LogP contribution in [0.2, 0.25) is 0 Å². The van der Waals surface area contributed by atoms with E-state index < -0.39 is 34.7 Å². The summed E-state index contributed by atoms with van der Waals surface area (Å²) in [6.45, 7) is 66.0. The molecule has 17 heterocycles. The molecule has 23 nitrogen and oxygen atoms in total. The first kappa shape index (κ1) is 97.9. The van der Waals surface area contributed by atoms with Gasteiger partial charge in [0, 0.05) is 77.2 Å². The van der Waals surface area contributed by atoms with Crippen molar-refractivity contribution in [2.75, 3.05) is 92.5 Å². The molecule has 110 heavy (non-hydrogen) atoms. The highest BCUT2D eigenvalue weighted by atomic mass is 16.9. The molecule has 0 bridgehead atoms. The van der Waals surface area contributed by atoms with Crippen LogP contribution in [-0.4, -0.2) is 237 Å². The SMILES string of the molecule is C.CC1CC(C)OC(C)C1.CC1CCCCO1.CC1CCCO1.CC1CCCOC1.CC1CCOC(C)C1.CC1CCOC1.CC1CCOCC1.CC1COC1.CC1O[C@H]([C@H]2COC(C)(C)O2)[C@@H]2OC(C)(C)O[C@H]12.C[C@@H]1[C@H]2OC(C)(C)O[C@H]2O[C@@H]1[C@H]1COC(C)(C)O1.C[C@H]1[C@H]2OC(C)(C)O[C@H]2O[C@@H]1[C@H]1COC(C)(C)O1. The van der Waals surface area contributed by atoms with Crippen molar-refractivity contribution in [2.24, 2.45) is 47.3 Å². The summed E-state index contributed by atoms with van der Waals surface area (Å²) < 4.78 is 129. The van der Waals surface area contributed by atoms with Crippen molar-refractivity contribution >= 4 is 0 Å². The minimum Gasteiger partial charge on any atom is -0.381 e. The number of hydrogen-bond donors (Lipinski definition) is 0. The van der Waals surface area contributed by atoms with Gasteiger partial charge in [0.2, 0.25) is 0 Å². The Bertz CT molecular complexity index is 2300. The maximum Gasteiger partial charge on any atom is 0.187 e. The van der Waals surface area contributed by atoms with Gasteiger partial charge in [-0.25, -0.2) is 0 Å². The fourth-order valence-corrected chi connectivity index (χ4v) is 16.3. The largest absolute Gasteiger partial charge is 0.381 e. The van der Waals surface area contributed by atoms with Crippen LogP contribution in [0.5, 0.6) is 0 Å². The van der Waals surface area contributed by atoms with Gasteiger partial charge in [-0.2, -0.15) is 0 Å². The molecule has 650 valence electrons. The lowest BCUT2D eigenvalue weighted by molar-refractivity contribution is -0.226. The molecule has 0 aromatic heterocycles. The zero-order valence-electron chi connectivity index (χ0n) is 73.2. The van der Waals surface area contributed by atoms with E-state index in [0.717, 1.165) is 108 Å². The average Bonchev–Trinajstić information content (AvgIpc) is 1.61. The molecule has 0 amide bonds. The molecule has 17 aliphatic heterocycles. The second-order valence-corrected chi connectivity index (χ2v) is 37.2. The Kier molecular flexibility index (Phi) is 41.0. The van der Waals surface area contributed by atoms with Crippen molar-refractivity contribution in [3.63, 3.8) is 0 Å². The topological polar surface area (TPSA) is 212 Å². The van der Waals surface area contributed by atoms with Crippen LogP contribution in [0.3, 0.4) is 0 Å². The lowest BCUT2D eigenvalue weighted by Gasteiger charge is -2.29. The third-order valence-electron chi connectivity index (χ3n) is 22.4. The molecule has 0 saturated carbocycles. The lowest BCUT2D eigenvalue weighted by Crippen LogP contribution is -2.40. The van der Waals surface area contributed by atoms with Crippen molar-refractivity contribution in [3.05, 3.63) is 0 Å². The monoisotopic (exact) mass is 1580 g/mol. The molecule has 0 spiro atoms. The molecule has 17 saturated heterocycles. The van der Waals surface area contributed by atoms with E-state index in [9.17, 15) is 0 Å². The molecule has 0 aromatic carbocycles. The van der Waals surface area contributed by atoms with E-state index in [1.807, 2.05) is 90.0 Å². The molecular formula is C87H164O23. The first-order valence-electron chi connectivity index (χ1n) is 43.0. The number of fused-ring (bicyclic) bond motifs is 3. The second-order valence-electron chi connectivity index (χ2n) is 37.2. The van der Waals surface area contributed by atoms with Gasteiger partial charge in [-0.3, -0.25) is 0 Å². The van der Waals surface area contributed by atoms with Gasteiger partial charge in [0.25, 0.3) is 0 Å². The Morgan fingerprint density at radius 1 is 0.236 bits per heavy atom. The van der Waals surface area contributed by atoms with E-state index in [-0.39, 0.29) is 99.0 Å². The van der Waals surface area contributed by atoms with E-state index in [0.29, 0.717) is 50.3 Å². The van der Waals surface area contributed by atoms with Crippen LogP contribution in [0.15, 0.2) is 0 Å². The lowest BCUT2D eigenvalue weighted by atomic mass is 9.95. The molecule has 0 aliphatic carbocycles. The fourth-order valence-electron chi connectivity index (χ4n) is 16.3. The van der Waals surface area contributed by atoms with Crippen LogP contribution in [0.4, 0.5) is 0 Å². The summed E-state index contributed by atoms with van der Waals surface area (Å²) in [5.41, 5.74) is 0. The Hall–Kier alpha value is -0.920. The molecule has 23 atom stereocenters. The number of ether oxygens (including phenoxy) is 23. The maximum absolute atomic E-state index is 5.96. The van der Waals surface area contributed by atoms with Gasteiger partial charge >= 0.3 is 0 Å². The molecule has 17 fully saturated rings. The molecule has 0 aromatic rings. The number of rotatable bonds is 3. The first-order valence-corrected chi connectivity index (χ1v) is 43.0. The summed E-state index contributed by atoms with van der Waals surface area (Å²) in [5.74, 6) is 2.38. The van der Waals surface area contributed by atoms with Crippen molar-refractivity contribution < 1.29 is 109 Å². The first-order chi connectivity index (χ1) is 51.2. The predicted octanol–water partition coefficient (Wildman–Crippen LogP) is 16.7. The molecule has 17 aliphatic rings. The molecule has 17 rings (SSSR count). The van der Waals surface area contributed by atoms with Gasteiger partial charge in [0.05, 0.1) is 81.9 Å². The van der Waals surface area contributed by atoms with E-state index in [4.69, 9.17) is 109 Å². The van der Waals surface area contributed by atoms with Crippen LogP contribution in [0, 0.1) is 47.3 Å². The van der Waals surface area contributed by atoms with Gasteiger partial charge in [-0.15, -0.1) is 0 Å². The van der Waals surface area contributed by atoms with Crippen molar-refractivity contribution in [3.8, 4) is 0 Å². The van der Waals surface area contributed by atoms with Gasteiger partial charge < -0.3 is 109 Å². The standard InChI is InChI=1S/3C13H22O5.C8H16O.C7H14O.3C6H12O.2C5H10O.C4H8O.CH4/c1-7-9-11(18-13(4,5)17-9)10(15-7)8-6-14-12(2,3)16-8;2*1-7-9(8-6-14-12(2,3)16-8)15-11-10(7)17-13(4,5)18-11;1-6-4-7(2)9-8(3)5-6;1-6-3-4-8-7(2)5-6;1-6-2-4-7-5-3-6;1-6-3-2-4-7-5-6;1-6-4-2-3-5-7-6;1-5-2-3-6-4-5;1-5-3-2-4-6-5;1-4-2-5-3-4;/h3*7-11H,6H2,1-5H3;6-8H,4-5H2,1-3H3;6-7H,3-5H2,1-2H3;3*6H,2-5H2,1H3;2*5H,2-4H2,1H3;4H,2-3H2,1H3;1H4/t7?,8-,9-,10-,11-;7-,8+,9-,10+,11+;7-,8-,9+,10-,11-;;;;;;;;;/m101........./s1. The van der Waals surface area contributed by atoms with E-state index in [1.165, 1.54) is 89.9 Å². The summed E-state index contributed by atoms with van der Waals surface area (Å²) in [7, 11) is 0. The summed E-state index contributed by atoms with van der Waals surface area (Å²) in [4.78, 5) is 0. The quantitative estimate of drug-likeness (QED) is 0.257. The summed E-state index contributed by atoms with van der Waals surface area (Å²) in [5, 5.41) is 0. The Labute approximate surface area is 668 Å². The highest BCUT2D eigenvalue weighted by Crippen LogP contribution is 2.46. The summed E-state index contributed by atoms with van der Waals surface area (Å²) in [6, 6.07) is 0. The van der Waals surface area contributed by atoms with Crippen LogP contribution in [0.1, 0.15) is 277 Å². The fraction of sp³-hybridized carbons (Fsp3) is 1.00. The van der Waals surface area contributed by atoms with Crippen molar-refractivity contribution in [2.45, 2.75) is 422 Å². The summed E-state index contributed by atoms with van der Waals surface area (Å²) >= 11 is 0. The smallest absolute Gasteiger partial charge is 0.187 e. The van der Waals surface area contributed by atoms with E-state index in [2.05, 4.69) is 90.0 Å². The predicted molar refractivity (Wildman–Crippen MR) is 424 cm³/mol. The molecule has 9 unspecified atom stereocenters. The van der Waals surface area contributed by atoms with Crippen LogP contribution >= 0.6 is 0 Å². The molecule has 23 heteroatoms. The second kappa shape index (κ2) is 46.0.